The van der Waals surface area contributed by atoms with Crippen molar-refractivity contribution in [3.8, 4) is 11.4 Å². The fourth-order valence-electron chi connectivity index (χ4n) is 6.57. The molecule has 2 N–H and O–H groups in total. The standard InChI is InChI=1S/C28H31N3O3/c1-5-28(34)19-12-22-26-18(13-31(22)27(33)17(19)8-10-23(28)32)25-20(29-6-2)9-7-16-15(4)14(3)11-21(30-26)24(16)25/h11-12,20,29,34H,5-10,13H2,1-4H3/t20-,28-/m0/s1. The van der Waals surface area contributed by atoms with Crippen LogP contribution in [-0.2, 0) is 29.8 Å². The summed E-state index contributed by atoms with van der Waals surface area (Å²) < 4.78 is 1.81. The molecule has 6 nitrogen and oxygen atoms in total. The summed E-state index contributed by atoms with van der Waals surface area (Å²) >= 11 is 0. The lowest BCUT2D eigenvalue weighted by Gasteiger charge is -2.32. The van der Waals surface area contributed by atoms with Gasteiger partial charge in [0.1, 0.15) is 5.60 Å². The van der Waals surface area contributed by atoms with Gasteiger partial charge in [-0.1, -0.05) is 13.8 Å². The van der Waals surface area contributed by atoms with E-state index in [-0.39, 0.29) is 30.2 Å². The first-order valence-corrected chi connectivity index (χ1v) is 12.5. The van der Waals surface area contributed by atoms with Crippen LogP contribution >= 0.6 is 0 Å². The minimum absolute atomic E-state index is 0.0930. The molecular formula is C28H31N3O3. The van der Waals surface area contributed by atoms with Crippen LogP contribution in [0.2, 0.25) is 0 Å². The monoisotopic (exact) mass is 457 g/mol. The van der Waals surface area contributed by atoms with Crippen molar-refractivity contribution in [3.05, 3.63) is 61.4 Å². The van der Waals surface area contributed by atoms with E-state index in [2.05, 4.69) is 32.2 Å². The smallest absolute Gasteiger partial charge is 0.254 e. The molecule has 6 heteroatoms. The van der Waals surface area contributed by atoms with Crippen LogP contribution in [0.15, 0.2) is 16.9 Å². The van der Waals surface area contributed by atoms with Gasteiger partial charge in [0.15, 0.2) is 5.78 Å². The molecule has 0 radical (unpaired) electrons. The number of ketones is 1. The van der Waals surface area contributed by atoms with Crippen LogP contribution in [0.1, 0.15) is 78.1 Å². The van der Waals surface area contributed by atoms with Gasteiger partial charge >= 0.3 is 0 Å². The summed E-state index contributed by atoms with van der Waals surface area (Å²) in [6.45, 7) is 9.63. The Labute approximate surface area is 199 Å². The second-order valence-electron chi connectivity index (χ2n) is 10.1. The summed E-state index contributed by atoms with van der Waals surface area (Å²) in [5, 5.41) is 16.2. The molecule has 34 heavy (non-hydrogen) atoms. The Hall–Kier alpha value is -2.83. The fourth-order valence-corrected chi connectivity index (χ4v) is 6.57. The van der Waals surface area contributed by atoms with Crippen molar-refractivity contribution in [3.63, 3.8) is 0 Å². The highest BCUT2D eigenvalue weighted by Gasteiger charge is 2.43. The Kier molecular flexibility index (Phi) is 4.68. The van der Waals surface area contributed by atoms with E-state index in [1.165, 1.54) is 27.6 Å². The van der Waals surface area contributed by atoms with E-state index >= 15 is 0 Å². The number of nitrogens with one attached hydrogen (secondary N) is 1. The van der Waals surface area contributed by atoms with E-state index in [4.69, 9.17) is 4.98 Å². The summed E-state index contributed by atoms with van der Waals surface area (Å²) in [6.07, 6.45) is 2.88. The highest BCUT2D eigenvalue weighted by Crippen LogP contribution is 2.46. The van der Waals surface area contributed by atoms with E-state index in [0.29, 0.717) is 24.1 Å². The molecule has 0 bridgehead atoms. The molecule has 1 aliphatic heterocycles. The van der Waals surface area contributed by atoms with Gasteiger partial charge in [0, 0.05) is 34.5 Å². The molecule has 3 aliphatic rings. The Bertz CT molecular complexity index is 1470. The van der Waals surface area contributed by atoms with Gasteiger partial charge in [-0.25, -0.2) is 4.98 Å². The van der Waals surface area contributed by atoms with Gasteiger partial charge in [-0.3, -0.25) is 9.59 Å². The minimum atomic E-state index is -1.59. The average Bonchev–Trinajstić information content (AvgIpc) is 3.19. The number of carbonyl (C=O) groups is 1. The first-order valence-electron chi connectivity index (χ1n) is 12.5. The number of hydrogen-bond donors (Lipinski definition) is 2. The lowest BCUT2D eigenvalue weighted by atomic mass is 9.77. The first kappa shape index (κ1) is 21.7. The third-order valence-corrected chi connectivity index (χ3v) is 8.53. The number of carbonyl (C=O) groups excluding carboxylic acids is 1. The lowest BCUT2D eigenvalue weighted by molar-refractivity contribution is -0.140. The van der Waals surface area contributed by atoms with Gasteiger partial charge in [0.2, 0.25) is 0 Å². The number of rotatable bonds is 3. The van der Waals surface area contributed by atoms with E-state index in [1.54, 1.807) is 6.92 Å². The summed E-state index contributed by atoms with van der Waals surface area (Å²) in [6, 6.07) is 4.26. The number of aromatic nitrogens is 2. The zero-order valence-electron chi connectivity index (χ0n) is 20.3. The van der Waals surface area contributed by atoms with Crippen molar-refractivity contribution in [1.82, 2.24) is 14.9 Å². The second kappa shape index (κ2) is 7.33. The summed E-state index contributed by atoms with van der Waals surface area (Å²) in [5.74, 6) is -0.199. The Morgan fingerprint density at radius 3 is 2.65 bits per heavy atom. The van der Waals surface area contributed by atoms with Crippen LogP contribution in [0, 0.1) is 13.8 Å². The van der Waals surface area contributed by atoms with Gasteiger partial charge < -0.3 is 15.0 Å². The molecule has 0 saturated carbocycles. The predicted octanol–water partition coefficient (Wildman–Crippen LogP) is 3.75. The van der Waals surface area contributed by atoms with Gasteiger partial charge in [-0.2, -0.15) is 0 Å². The Morgan fingerprint density at radius 1 is 1.12 bits per heavy atom. The average molecular weight is 458 g/mol. The van der Waals surface area contributed by atoms with Crippen molar-refractivity contribution >= 4 is 16.7 Å². The van der Waals surface area contributed by atoms with Gasteiger partial charge in [0.05, 0.1) is 23.4 Å². The minimum Gasteiger partial charge on any atom is -0.377 e. The molecule has 0 unspecified atom stereocenters. The number of pyridine rings is 2. The molecule has 6 rings (SSSR count). The van der Waals surface area contributed by atoms with Crippen LogP contribution in [0.4, 0.5) is 0 Å². The Balaban J connectivity index is 1.69. The number of aryl methyl sites for hydroxylation is 2. The highest BCUT2D eigenvalue weighted by atomic mass is 16.3. The molecule has 0 saturated heterocycles. The van der Waals surface area contributed by atoms with Crippen molar-refractivity contribution in [2.45, 2.75) is 78.0 Å². The zero-order valence-corrected chi connectivity index (χ0v) is 20.3. The maximum absolute atomic E-state index is 13.7. The number of aliphatic hydroxyl groups is 1. The van der Waals surface area contributed by atoms with Gasteiger partial charge in [0.25, 0.3) is 5.56 Å². The first-order chi connectivity index (χ1) is 16.3. The van der Waals surface area contributed by atoms with Crippen LogP contribution in [-0.4, -0.2) is 27.0 Å². The number of benzene rings is 1. The summed E-state index contributed by atoms with van der Waals surface area (Å²) in [7, 11) is 0. The predicted molar refractivity (Wildman–Crippen MR) is 132 cm³/mol. The molecule has 2 aliphatic carbocycles. The molecule has 2 atom stereocenters. The third-order valence-electron chi connectivity index (χ3n) is 8.53. The topological polar surface area (TPSA) is 84.2 Å². The van der Waals surface area contributed by atoms with Crippen LogP contribution < -0.4 is 10.9 Å². The van der Waals surface area contributed by atoms with Gasteiger partial charge in [-0.15, -0.1) is 0 Å². The van der Waals surface area contributed by atoms with Crippen molar-refractivity contribution < 1.29 is 9.90 Å². The van der Waals surface area contributed by atoms with E-state index in [1.807, 2.05) is 10.6 Å². The maximum Gasteiger partial charge on any atom is 0.254 e. The molecular weight excluding hydrogens is 426 g/mol. The summed E-state index contributed by atoms with van der Waals surface area (Å²) in [4.78, 5) is 31.5. The molecule has 176 valence electrons. The number of nitrogens with zero attached hydrogens (tertiary/aromatic N) is 2. The molecule has 2 aromatic heterocycles. The second-order valence-corrected chi connectivity index (χ2v) is 10.1. The molecule has 3 aromatic rings. The van der Waals surface area contributed by atoms with Crippen molar-refractivity contribution in [1.29, 1.82) is 0 Å². The largest absolute Gasteiger partial charge is 0.377 e. The van der Waals surface area contributed by atoms with Crippen LogP contribution in [0.25, 0.3) is 22.3 Å². The number of fused-ring (bicyclic) bond motifs is 5. The molecule has 0 fully saturated rings. The maximum atomic E-state index is 13.7. The molecule has 3 heterocycles. The van der Waals surface area contributed by atoms with Crippen LogP contribution in [0.5, 0.6) is 0 Å². The lowest BCUT2D eigenvalue weighted by Crippen LogP contribution is -2.43. The Morgan fingerprint density at radius 2 is 1.91 bits per heavy atom. The molecule has 0 spiro atoms. The van der Waals surface area contributed by atoms with E-state index < -0.39 is 5.60 Å². The zero-order chi connectivity index (χ0) is 23.9. The highest BCUT2D eigenvalue weighted by molar-refractivity contribution is 5.94. The fraction of sp³-hybridized carbons (Fsp3) is 0.464. The molecule has 1 aromatic carbocycles. The van der Waals surface area contributed by atoms with E-state index in [9.17, 15) is 14.7 Å². The summed E-state index contributed by atoms with van der Waals surface area (Å²) in [5.41, 5.74) is 8.20. The van der Waals surface area contributed by atoms with Gasteiger partial charge in [-0.05, 0) is 80.5 Å². The van der Waals surface area contributed by atoms with Crippen LogP contribution in [0.3, 0.4) is 0 Å². The third kappa shape index (κ3) is 2.67. The normalized spacial score (nSPS) is 22.6. The van der Waals surface area contributed by atoms with E-state index in [0.717, 1.165) is 41.9 Å². The van der Waals surface area contributed by atoms with Crippen molar-refractivity contribution in [2.75, 3.05) is 6.54 Å². The number of Topliss-reactive ketones (excluding diaryl/α,β-unsaturated/α-hetero) is 1. The molecule has 0 amide bonds. The quantitative estimate of drug-likeness (QED) is 0.490. The van der Waals surface area contributed by atoms with Crippen molar-refractivity contribution in [2.24, 2.45) is 0 Å². The number of hydrogen-bond acceptors (Lipinski definition) is 5. The SMILES string of the molecule is CCN[C@H]1CCc2c(C)c(C)cc3nc4c(c1c23)Cn1c-4cc2c(c1=O)CCC(=O)[C@]2(O)CC.